The average Bonchev–Trinajstić information content (AvgIpc) is 3.02. The predicted molar refractivity (Wildman–Crippen MR) is 115 cm³/mol. The minimum Gasteiger partial charge on any atom is -0.380 e. The van der Waals surface area contributed by atoms with Crippen molar-refractivity contribution in [1.82, 2.24) is 15.2 Å². The van der Waals surface area contributed by atoms with Gasteiger partial charge in [-0.1, -0.05) is 6.07 Å². The second kappa shape index (κ2) is 7.83. The van der Waals surface area contributed by atoms with Crippen LogP contribution in [0.2, 0.25) is 0 Å². The molecule has 2 atom stereocenters. The first-order valence-electron chi connectivity index (χ1n) is 10.7. The number of nitrogens with one attached hydrogen (secondary N) is 2. The highest BCUT2D eigenvalue weighted by molar-refractivity contribution is 6.23. The van der Waals surface area contributed by atoms with Gasteiger partial charge in [0.1, 0.15) is 6.04 Å². The molecule has 4 amide bonds. The third kappa shape index (κ3) is 3.54. The second-order valence-corrected chi connectivity index (χ2v) is 8.51. The van der Waals surface area contributed by atoms with Crippen LogP contribution in [0.1, 0.15) is 56.8 Å². The number of carbonyl (C=O) groups is 4. The zero-order chi connectivity index (χ0) is 22.4. The highest BCUT2D eigenvalue weighted by atomic mass is 16.2. The van der Waals surface area contributed by atoms with Crippen LogP contribution in [-0.4, -0.2) is 45.6 Å². The minimum absolute atomic E-state index is 0.0959. The maximum Gasteiger partial charge on any atom is 0.262 e. The molecule has 4 N–H and O–H groups in total. The molecule has 1 saturated heterocycles. The summed E-state index contributed by atoms with van der Waals surface area (Å²) in [7, 11) is 0. The SMILES string of the molecule is NC1CCc2ncc(NCc3ccc4c(c3)C(=O)N(C3CCC(=O)NC3=O)C4=O)cc2C1. The fraction of sp³-hybridized carbons (Fsp3) is 0.348. The standard InChI is InChI=1S/C23H23N5O4/c24-14-2-4-18-13(8-14)9-15(11-26-18)25-10-12-1-3-16-17(7-12)23(32)28(22(16)31)19-5-6-20(29)27-21(19)30/h1,3,7,9,11,14,19,25H,2,4-6,8,10,24H2,(H,27,29,30). The molecule has 2 aromatic rings. The van der Waals surface area contributed by atoms with E-state index in [2.05, 4.69) is 21.7 Å². The van der Waals surface area contributed by atoms with Crippen LogP contribution in [0.15, 0.2) is 30.5 Å². The van der Waals surface area contributed by atoms with Crippen LogP contribution in [0.5, 0.6) is 0 Å². The van der Waals surface area contributed by atoms with Gasteiger partial charge < -0.3 is 11.1 Å². The Morgan fingerprint density at radius 1 is 1.06 bits per heavy atom. The van der Waals surface area contributed by atoms with Gasteiger partial charge in [0.15, 0.2) is 0 Å². The van der Waals surface area contributed by atoms with E-state index in [4.69, 9.17) is 5.73 Å². The number of carbonyl (C=O) groups excluding carboxylic acids is 4. The number of anilines is 1. The molecule has 32 heavy (non-hydrogen) atoms. The average molecular weight is 433 g/mol. The van der Waals surface area contributed by atoms with Crippen molar-refractivity contribution in [3.05, 3.63) is 58.4 Å². The summed E-state index contributed by atoms with van der Waals surface area (Å²) in [6, 6.07) is 6.33. The Bertz CT molecular complexity index is 1160. The van der Waals surface area contributed by atoms with Crippen LogP contribution in [-0.2, 0) is 29.0 Å². The summed E-state index contributed by atoms with van der Waals surface area (Å²) in [6.07, 6.45) is 4.68. The lowest BCUT2D eigenvalue weighted by molar-refractivity contribution is -0.136. The molecule has 0 bridgehead atoms. The van der Waals surface area contributed by atoms with Gasteiger partial charge in [0, 0.05) is 24.7 Å². The van der Waals surface area contributed by atoms with Gasteiger partial charge in [-0.25, -0.2) is 0 Å². The lowest BCUT2D eigenvalue weighted by atomic mass is 9.92. The summed E-state index contributed by atoms with van der Waals surface area (Å²) in [4.78, 5) is 54.8. The van der Waals surface area contributed by atoms with E-state index < -0.39 is 29.7 Å². The molecule has 5 rings (SSSR count). The lowest BCUT2D eigenvalue weighted by Crippen LogP contribution is -2.54. The van der Waals surface area contributed by atoms with Crippen molar-refractivity contribution in [3.63, 3.8) is 0 Å². The highest BCUT2D eigenvalue weighted by Crippen LogP contribution is 2.29. The molecule has 164 valence electrons. The molecule has 1 aromatic heterocycles. The van der Waals surface area contributed by atoms with Gasteiger partial charge in [0.25, 0.3) is 11.8 Å². The molecular formula is C23H23N5O4. The number of nitrogens with two attached hydrogens (primary N) is 1. The van der Waals surface area contributed by atoms with Crippen LogP contribution in [0.25, 0.3) is 0 Å². The quantitative estimate of drug-likeness (QED) is 0.610. The van der Waals surface area contributed by atoms with Crippen molar-refractivity contribution in [3.8, 4) is 0 Å². The third-order valence-corrected chi connectivity index (χ3v) is 6.29. The van der Waals surface area contributed by atoms with E-state index in [1.54, 1.807) is 24.4 Å². The number of amides is 4. The molecule has 0 saturated carbocycles. The van der Waals surface area contributed by atoms with Gasteiger partial charge >= 0.3 is 0 Å². The molecule has 2 aliphatic heterocycles. The lowest BCUT2D eigenvalue weighted by Gasteiger charge is -2.27. The van der Waals surface area contributed by atoms with Gasteiger partial charge in [-0.2, -0.15) is 0 Å². The molecule has 1 fully saturated rings. The van der Waals surface area contributed by atoms with E-state index in [1.165, 1.54) is 0 Å². The van der Waals surface area contributed by atoms with Crippen molar-refractivity contribution in [2.75, 3.05) is 5.32 Å². The Kier molecular flexibility index (Phi) is 4.97. The molecule has 1 aliphatic carbocycles. The number of nitrogens with zero attached hydrogens (tertiary/aromatic N) is 2. The van der Waals surface area contributed by atoms with Crippen LogP contribution < -0.4 is 16.4 Å². The Labute approximate surface area is 184 Å². The number of rotatable bonds is 4. The van der Waals surface area contributed by atoms with E-state index >= 15 is 0 Å². The maximum absolute atomic E-state index is 12.9. The molecule has 2 unspecified atom stereocenters. The number of hydrogen-bond donors (Lipinski definition) is 3. The van der Waals surface area contributed by atoms with Crippen molar-refractivity contribution < 1.29 is 19.2 Å². The number of imide groups is 2. The van der Waals surface area contributed by atoms with E-state index in [0.29, 0.717) is 6.54 Å². The summed E-state index contributed by atoms with van der Waals surface area (Å²) in [5.74, 6) is -2.02. The topological polar surface area (TPSA) is 134 Å². The number of aromatic nitrogens is 1. The van der Waals surface area contributed by atoms with Crippen LogP contribution >= 0.6 is 0 Å². The van der Waals surface area contributed by atoms with Gasteiger partial charge in [-0.15, -0.1) is 0 Å². The first kappa shape index (κ1) is 20.3. The maximum atomic E-state index is 12.9. The molecule has 0 spiro atoms. The zero-order valence-corrected chi connectivity index (χ0v) is 17.4. The highest BCUT2D eigenvalue weighted by Gasteiger charge is 2.44. The van der Waals surface area contributed by atoms with Gasteiger partial charge in [0.05, 0.1) is 23.0 Å². The fourth-order valence-electron chi connectivity index (χ4n) is 4.58. The molecule has 0 radical (unpaired) electrons. The molecule has 9 nitrogen and oxygen atoms in total. The van der Waals surface area contributed by atoms with Crippen LogP contribution in [0, 0.1) is 0 Å². The monoisotopic (exact) mass is 433 g/mol. The summed E-state index contributed by atoms with van der Waals surface area (Å²) in [6.45, 7) is 0.444. The Morgan fingerprint density at radius 3 is 2.69 bits per heavy atom. The van der Waals surface area contributed by atoms with E-state index in [1.807, 2.05) is 0 Å². The molecule has 1 aromatic carbocycles. The summed E-state index contributed by atoms with van der Waals surface area (Å²) >= 11 is 0. The largest absolute Gasteiger partial charge is 0.380 e. The van der Waals surface area contributed by atoms with E-state index in [0.717, 1.165) is 46.7 Å². The zero-order valence-electron chi connectivity index (χ0n) is 17.4. The second-order valence-electron chi connectivity index (χ2n) is 8.51. The number of hydrogen-bond acceptors (Lipinski definition) is 7. The first-order valence-corrected chi connectivity index (χ1v) is 10.7. The summed E-state index contributed by atoms with van der Waals surface area (Å²) < 4.78 is 0. The molecule has 3 aliphatic rings. The van der Waals surface area contributed by atoms with Crippen molar-refractivity contribution in [2.24, 2.45) is 5.73 Å². The van der Waals surface area contributed by atoms with Gasteiger partial charge in [-0.05, 0) is 55.0 Å². The van der Waals surface area contributed by atoms with Crippen molar-refractivity contribution >= 4 is 29.3 Å². The number of benzene rings is 1. The van der Waals surface area contributed by atoms with Gasteiger partial charge in [-0.3, -0.25) is 34.4 Å². The number of aryl methyl sites for hydroxylation is 1. The minimum atomic E-state index is -0.963. The summed E-state index contributed by atoms with van der Waals surface area (Å²) in [5.41, 5.74) is 10.5. The molecule has 3 heterocycles. The number of fused-ring (bicyclic) bond motifs is 2. The van der Waals surface area contributed by atoms with Gasteiger partial charge in [0.2, 0.25) is 11.8 Å². The molecule has 9 heteroatoms. The Balaban J connectivity index is 1.31. The van der Waals surface area contributed by atoms with Crippen LogP contribution in [0.4, 0.5) is 5.69 Å². The predicted octanol–water partition coefficient (Wildman–Crippen LogP) is 0.911. The normalized spacial score (nSPS) is 22.5. The Morgan fingerprint density at radius 2 is 1.88 bits per heavy atom. The number of piperidine rings is 1. The smallest absolute Gasteiger partial charge is 0.262 e. The third-order valence-electron chi connectivity index (χ3n) is 6.29. The molecular weight excluding hydrogens is 410 g/mol. The van der Waals surface area contributed by atoms with Crippen molar-refractivity contribution in [1.29, 1.82) is 0 Å². The van der Waals surface area contributed by atoms with E-state index in [9.17, 15) is 19.2 Å². The number of pyridine rings is 1. The van der Waals surface area contributed by atoms with Crippen LogP contribution in [0.3, 0.4) is 0 Å². The van der Waals surface area contributed by atoms with E-state index in [-0.39, 0.29) is 30.0 Å². The Hall–Kier alpha value is -3.59. The summed E-state index contributed by atoms with van der Waals surface area (Å²) in [5, 5.41) is 5.52. The first-order chi connectivity index (χ1) is 15.4. The van der Waals surface area contributed by atoms with Crippen molar-refractivity contribution in [2.45, 2.75) is 50.7 Å². The fourth-order valence-corrected chi connectivity index (χ4v) is 4.58.